The van der Waals surface area contributed by atoms with Gasteiger partial charge in [0.2, 0.25) is 0 Å². The molecular weight excluding hydrogens is 174 g/mol. The largest absolute Gasteiger partial charge is 0.389 e. The Labute approximate surface area is 85.1 Å². The summed E-state index contributed by atoms with van der Waals surface area (Å²) in [5.41, 5.74) is 7.45. The molecule has 76 valence electrons. The van der Waals surface area contributed by atoms with Gasteiger partial charge in [0.05, 0.1) is 6.10 Å². The molecule has 1 atom stereocenters. The number of hydrogen-bond acceptors (Lipinski definition) is 2. The maximum Gasteiger partial charge on any atom is 0.0762 e. The Morgan fingerprint density at radius 2 is 2.07 bits per heavy atom. The summed E-state index contributed by atoms with van der Waals surface area (Å²) >= 11 is 0. The van der Waals surface area contributed by atoms with Crippen LogP contribution in [-0.4, -0.2) is 17.8 Å². The van der Waals surface area contributed by atoms with E-state index in [0.717, 1.165) is 11.1 Å². The molecule has 14 heavy (non-hydrogen) atoms. The summed E-state index contributed by atoms with van der Waals surface area (Å²) in [6, 6.07) is 9.96. The van der Waals surface area contributed by atoms with Gasteiger partial charge in [-0.25, -0.2) is 0 Å². The van der Waals surface area contributed by atoms with Crippen molar-refractivity contribution >= 4 is 6.08 Å². The molecule has 0 aliphatic rings. The van der Waals surface area contributed by atoms with Crippen molar-refractivity contribution in [2.75, 3.05) is 6.54 Å². The van der Waals surface area contributed by atoms with Gasteiger partial charge in [-0.05, 0) is 31.0 Å². The van der Waals surface area contributed by atoms with E-state index in [2.05, 4.69) is 0 Å². The third kappa shape index (κ3) is 3.32. The van der Waals surface area contributed by atoms with E-state index in [1.165, 1.54) is 0 Å². The highest BCUT2D eigenvalue weighted by Crippen LogP contribution is 2.11. The molecule has 0 bridgehead atoms. The van der Waals surface area contributed by atoms with Gasteiger partial charge < -0.3 is 10.8 Å². The Balaban J connectivity index is 2.68. The van der Waals surface area contributed by atoms with Gasteiger partial charge >= 0.3 is 0 Å². The molecular formula is C12H17NO. The second-order valence-electron chi connectivity index (χ2n) is 3.39. The molecule has 2 nitrogen and oxygen atoms in total. The molecule has 2 heteroatoms. The second-order valence-corrected chi connectivity index (χ2v) is 3.39. The van der Waals surface area contributed by atoms with E-state index < -0.39 is 6.10 Å². The van der Waals surface area contributed by atoms with Gasteiger partial charge in [0.1, 0.15) is 0 Å². The van der Waals surface area contributed by atoms with Crippen LogP contribution in [-0.2, 0) is 0 Å². The van der Waals surface area contributed by atoms with Crippen molar-refractivity contribution in [3.8, 4) is 0 Å². The standard InChI is InChI=1S/C12H17NO/c1-10(12(14)7-8-13)9-11-5-3-2-4-6-11/h2-6,9,12,14H,7-8,13H2,1H3/b10-9+/t12-/m0/s1. The van der Waals surface area contributed by atoms with Crippen molar-refractivity contribution in [3.05, 3.63) is 41.5 Å². The molecule has 0 aromatic heterocycles. The predicted octanol–water partition coefficient (Wildman–Crippen LogP) is 1.80. The van der Waals surface area contributed by atoms with Crippen molar-refractivity contribution in [1.29, 1.82) is 0 Å². The SMILES string of the molecule is C/C(=C\c1ccccc1)[C@@H](O)CCN. The smallest absolute Gasteiger partial charge is 0.0762 e. The van der Waals surface area contributed by atoms with Gasteiger partial charge in [0, 0.05) is 0 Å². The summed E-state index contributed by atoms with van der Waals surface area (Å²) in [5.74, 6) is 0. The van der Waals surface area contributed by atoms with Gasteiger partial charge in [-0.15, -0.1) is 0 Å². The van der Waals surface area contributed by atoms with E-state index in [0.29, 0.717) is 13.0 Å². The van der Waals surface area contributed by atoms with E-state index in [-0.39, 0.29) is 0 Å². The van der Waals surface area contributed by atoms with Gasteiger partial charge in [0.15, 0.2) is 0 Å². The minimum absolute atomic E-state index is 0.416. The molecule has 0 saturated heterocycles. The van der Waals surface area contributed by atoms with Crippen molar-refractivity contribution in [2.24, 2.45) is 5.73 Å². The molecule has 0 saturated carbocycles. The fourth-order valence-corrected chi connectivity index (χ4v) is 1.29. The number of hydrogen-bond donors (Lipinski definition) is 2. The monoisotopic (exact) mass is 191 g/mol. The number of rotatable bonds is 4. The van der Waals surface area contributed by atoms with Crippen LogP contribution in [0, 0.1) is 0 Å². The van der Waals surface area contributed by atoms with Crippen molar-refractivity contribution in [3.63, 3.8) is 0 Å². The average molecular weight is 191 g/mol. The highest BCUT2D eigenvalue weighted by atomic mass is 16.3. The lowest BCUT2D eigenvalue weighted by Gasteiger charge is -2.09. The number of aliphatic hydroxyl groups excluding tert-OH is 1. The first kappa shape index (κ1) is 11.0. The summed E-state index contributed by atoms with van der Waals surface area (Å²) in [5, 5.41) is 9.63. The minimum atomic E-state index is -0.416. The normalized spacial score (nSPS) is 14.1. The van der Waals surface area contributed by atoms with Crippen LogP contribution in [0.3, 0.4) is 0 Å². The van der Waals surface area contributed by atoms with Crippen LogP contribution < -0.4 is 5.73 Å². The number of benzene rings is 1. The zero-order valence-corrected chi connectivity index (χ0v) is 8.48. The predicted molar refractivity (Wildman–Crippen MR) is 59.8 cm³/mol. The van der Waals surface area contributed by atoms with Crippen LogP contribution >= 0.6 is 0 Å². The van der Waals surface area contributed by atoms with Gasteiger partial charge in [0.25, 0.3) is 0 Å². The van der Waals surface area contributed by atoms with Crippen molar-refractivity contribution in [2.45, 2.75) is 19.4 Å². The molecule has 0 unspecified atom stereocenters. The molecule has 3 N–H and O–H groups in total. The quantitative estimate of drug-likeness (QED) is 0.762. The summed E-state index contributed by atoms with van der Waals surface area (Å²) in [6.07, 6.45) is 2.19. The molecule has 0 aliphatic carbocycles. The third-order valence-electron chi connectivity index (χ3n) is 2.16. The lowest BCUT2D eigenvalue weighted by molar-refractivity contribution is 0.204. The van der Waals surface area contributed by atoms with Crippen LogP contribution in [0.5, 0.6) is 0 Å². The highest BCUT2D eigenvalue weighted by Gasteiger charge is 2.04. The highest BCUT2D eigenvalue weighted by molar-refractivity contribution is 5.52. The molecule has 0 heterocycles. The first-order valence-corrected chi connectivity index (χ1v) is 4.85. The third-order valence-corrected chi connectivity index (χ3v) is 2.16. The Morgan fingerprint density at radius 3 is 2.64 bits per heavy atom. The Hall–Kier alpha value is -1.12. The summed E-state index contributed by atoms with van der Waals surface area (Å²) < 4.78 is 0. The van der Waals surface area contributed by atoms with E-state index in [9.17, 15) is 5.11 Å². The second kappa shape index (κ2) is 5.58. The number of aliphatic hydroxyl groups is 1. The van der Waals surface area contributed by atoms with Gasteiger partial charge in [-0.2, -0.15) is 0 Å². The fourth-order valence-electron chi connectivity index (χ4n) is 1.29. The molecule has 0 spiro atoms. The molecule has 1 aromatic carbocycles. The molecule has 1 aromatic rings. The molecule has 0 aliphatic heterocycles. The van der Waals surface area contributed by atoms with Crippen LogP contribution in [0.15, 0.2) is 35.9 Å². The topological polar surface area (TPSA) is 46.2 Å². The summed E-state index contributed by atoms with van der Waals surface area (Å²) in [7, 11) is 0. The van der Waals surface area contributed by atoms with Gasteiger partial charge in [-0.3, -0.25) is 0 Å². The maximum absolute atomic E-state index is 9.63. The van der Waals surface area contributed by atoms with Gasteiger partial charge in [-0.1, -0.05) is 36.4 Å². The lowest BCUT2D eigenvalue weighted by Crippen LogP contribution is -2.14. The minimum Gasteiger partial charge on any atom is -0.389 e. The Kier molecular flexibility index (Phi) is 4.36. The molecule has 0 amide bonds. The zero-order chi connectivity index (χ0) is 10.4. The van der Waals surface area contributed by atoms with E-state index in [1.807, 2.05) is 43.3 Å². The Morgan fingerprint density at radius 1 is 1.43 bits per heavy atom. The first-order chi connectivity index (χ1) is 6.74. The summed E-state index contributed by atoms with van der Waals surface area (Å²) in [4.78, 5) is 0. The first-order valence-electron chi connectivity index (χ1n) is 4.85. The number of nitrogens with two attached hydrogens (primary N) is 1. The summed E-state index contributed by atoms with van der Waals surface area (Å²) in [6.45, 7) is 2.44. The Bertz CT molecular complexity index is 292. The van der Waals surface area contributed by atoms with E-state index in [4.69, 9.17) is 5.73 Å². The van der Waals surface area contributed by atoms with Crippen LogP contribution in [0.2, 0.25) is 0 Å². The zero-order valence-electron chi connectivity index (χ0n) is 8.48. The van der Waals surface area contributed by atoms with E-state index >= 15 is 0 Å². The molecule has 1 rings (SSSR count). The van der Waals surface area contributed by atoms with E-state index in [1.54, 1.807) is 0 Å². The van der Waals surface area contributed by atoms with Crippen molar-refractivity contribution in [1.82, 2.24) is 0 Å². The van der Waals surface area contributed by atoms with Crippen LogP contribution in [0.25, 0.3) is 6.08 Å². The molecule has 0 fully saturated rings. The van der Waals surface area contributed by atoms with Crippen molar-refractivity contribution < 1.29 is 5.11 Å². The molecule has 0 radical (unpaired) electrons. The maximum atomic E-state index is 9.63. The lowest BCUT2D eigenvalue weighted by atomic mass is 10.1. The average Bonchev–Trinajstić information content (AvgIpc) is 2.19. The van der Waals surface area contributed by atoms with Crippen LogP contribution in [0.4, 0.5) is 0 Å². The van der Waals surface area contributed by atoms with Crippen LogP contribution in [0.1, 0.15) is 18.9 Å². The fraction of sp³-hybridized carbons (Fsp3) is 0.333.